The average Bonchev–Trinajstić information content (AvgIpc) is 0.836. The molecule has 0 fully saturated rings. The van der Waals surface area contributed by atoms with Gasteiger partial charge in [-0.05, 0) is 71.9 Å². The van der Waals surface area contributed by atoms with Crippen LogP contribution in [0.15, 0.2) is 182 Å². The van der Waals surface area contributed by atoms with E-state index in [1.807, 2.05) is 84.9 Å². The number of ether oxygens (including phenoxy) is 8. The Morgan fingerprint density at radius 3 is 0.892 bits per heavy atom. The quantitative estimate of drug-likeness (QED) is 0.0157. The number of nitrogens with one attached hydrogen (secondary N) is 4. The highest BCUT2D eigenvalue weighted by Crippen LogP contribution is 2.31. The van der Waals surface area contributed by atoms with Crippen LogP contribution in [0.5, 0.6) is 0 Å². The van der Waals surface area contributed by atoms with Crippen LogP contribution in [-0.4, -0.2) is 110 Å². The lowest BCUT2D eigenvalue weighted by Gasteiger charge is -2.27. The molecule has 6 aromatic carbocycles. The zero-order chi connectivity index (χ0) is 72.8. The van der Waals surface area contributed by atoms with Crippen LogP contribution in [0.4, 0.5) is 0 Å². The van der Waals surface area contributed by atoms with Crippen LogP contribution in [0.3, 0.4) is 0 Å². The highest BCUT2D eigenvalue weighted by molar-refractivity contribution is 5.86. The molecule has 0 bridgehead atoms. The third-order valence-electron chi connectivity index (χ3n) is 15.6. The maximum atomic E-state index is 14.1. The van der Waals surface area contributed by atoms with Gasteiger partial charge in [0, 0.05) is 96.8 Å². The van der Waals surface area contributed by atoms with Crippen LogP contribution in [-0.2, 0) is 128 Å². The highest BCUT2D eigenvalue weighted by atomic mass is 16.6. The molecular formula is C78H90N4O20. The maximum Gasteiger partial charge on any atom is 0.306 e. The molecule has 0 spiro atoms. The van der Waals surface area contributed by atoms with Crippen LogP contribution in [0.1, 0.15) is 149 Å². The molecule has 0 aliphatic heterocycles. The van der Waals surface area contributed by atoms with Crippen molar-refractivity contribution in [3.8, 4) is 0 Å². The first-order valence-corrected chi connectivity index (χ1v) is 34.3. The van der Waals surface area contributed by atoms with Gasteiger partial charge in [0.25, 0.3) is 11.8 Å². The normalized spacial score (nSPS) is 11.9. The number of amides is 4. The summed E-state index contributed by atoms with van der Waals surface area (Å²) in [5.74, 6) is -8.78. The Kier molecular flexibility index (Phi) is 36.9. The van der Waals surface area contributed by atoms with Crippen LogP contribution in [0, 0.1) is 5.92 Å². The molecule has 0 heterocycles. The molecule has 6 rings (SSSR count). The summed E-state index contributed by atoms with van der Waals surface area (Å²) in [6.45, 7) is 0.138. The lowest BCUT2D eigenvalue weighted by Crippen LogP contribution is -2.39. The summed E-state index contributed by atoms with van der Waals surface area (Å²) in [6.07, 6.45) is -5.79. The van der Waals surface area contributed by atoms with E-state index in [1.165, 1.54) is 0 Å². The van der Waals surface area contributed by atoms with E-state index in [2.05, 4.69) is 21.3 Å². The molecule has 0 aliphatic carbocycles. The predicted molar refractivity (Wildman–Crippen MR) is 370 cm³/mol. The van der Waals surface area contributed by atoms with Gasteiger partial charge in [0.15, 0.2) is 12.2 Å². The van der Waals surface area contributed by atoms with Crippen molar-refractivity contribution in [3.63, 3.8) is 0 Å². The van der Waals surface area contributed by atoms with Crippen molar-refractivity contribution >= 4 is 71.4 Å². The summed E-state index contributed by atoms with van der Waals surface area (Å²) in [7, 11) is 0. The van der Waals surface area contributed by atoms with Crippen molar-refractivity contribution in [2.24, 2.45) is 5.92 Å². The molecule has 4 N–H and O–H groups in total. The number of carbonyl (C=O) groups excluding carboxylic acids is 12. The van der Waals surface area contributed by atoms with Gasteiger partial charge in [-0.1, -0.05) is 182 Å². The second-order valence-electron chi connectivity index (χ2n) is 23.7. The summed E-state index contributed by atoms with van der Waals surface area (Å²) in [6, 6.07) is 53.7. The molecule has 24 heteroatoms. The molecule has 4 unspecified atom stereocenters. The van der Waals surface area contributed by atoms with Crippen LogP contribution >= 0.6 is 0 Å². The number of benzene rings is 6. The molecule has 0 aromatic heterocycles. The summed E-state index contributed by atoms with van der Waals surface area (Å²) >= 11 is 0. The van der Waals surface area contributed by atoms with E-state index >= 15 is 0 Å². The Morgan fingerprint density at radius 1 is 0.265 bits per heavy atom. The van der Waals surface area contributed by atoms with E-state index in [0.717, 1.165) is 27.8 Å². The fourth-order valence-corrected chi connectivity index (χ4v) is 10.0. The second-order valence-corrected chi connectivity index (χ2v) is 23.7. The minimum atomic E-state index is -1.48. The zero-order valence-corrected chi connectivity index (χ0v) is 57.2. The first-order chi connectivity index (χ1) is 49.6. The van der Waals surface area contributed by atoms with Gasteiger partial charge in [-0.25, -0.2) is 0 Å². The minimum absolute atomic E-state index is 0.000276. The first kappa shape index (κ1) is 79.9. The summed E-state index contributed by atoms with van der Waals surface area (Å²) in [5, 5.41) is 10.8. The number of rotatable bonds is 47. The highest BCUT2D eigenvalue weighted by Gasteiger charge is 2.34. The molecule has 542 valence electrons. The summed E-state index contributed by atoms with van der Waals surface area (Å²) in [4.78, 5) is 158. The van der Waals surface area contributed by atoms with Crippen molar-refractivity contribution in [2.75, 3.05) is 26.2 Å². The Morgan fingerprint density at radius 2 is 0.539 bits per heavy atom. The summed E-state index contributed by atoms with van der Waals surface area (Å²) < 4.78 is 44.1. The minimum Gasteiger partial charge on any atom is -0.461 e. The largest absolute Gasteiger partial charge is 0.461 e. The Bertz CT molecular complexity index is 3570. The predicted octanol–water partition coefficient (Wildman–Crippen LogP) is 9.52. The third kappa shape index (κ3) is 33.7. The van der Waals surface area contributed by atoms with Crippen molar-refractivity contribution in [1.29, 1.82) is 0 Å². The number of esters is 8. The van der Waals surface area contributed by atoms with Gasteiger partial charge in [-0.15, -0.1) is 0 Å². The van der Waals surface area contributed by atoms with Gasteiger partial charge in [-0.2, -0.15) is 0 Å². The summed E-state index contributed by atoms with van der Waals surface area (Å²) in [5.41, 5.74) is 4.34. The monoisotopic (exact) mass is 1400 g/mol. The smallest absolute Gasteiger partial charge is 0.306 e. The second kappa shape index (κ2) is 47.1. The van der Waals surface area contributed by atoms with Gasteiger partial charge < -0.3 is 59.2 Å². The molecule has 0 aliphatic rings. The number of hydrogen-bond acceptors (Lipinski definition) is 20. The molecule has 102 heavy (non-hydrogen) atoms. The van der Waals surface area contributed by atoms with Gasteiger partial charge in [-0.3, -0.25) is 57.5 Å². The van der Waals surface area contributed by atoms with E-state index in [9.17, 15) is 57.5 Å². The molecular weight excluding hydrogens is 1310 g/mol. The molecule has 6 aromatic rings. The van der Waals surface area contributed by atoms with E-state index in [0.29, 0.717) is 5.56 Å². The molecule has 0 saturated heterocycles. The van der Waals surface area contributed by atoms with Crippen LogP contribution < -0.4 is 21.3 Å². The fourth-order valence-electron chi connectivity index (χ4n) is 10.0. The molecule has 4 atom stereocenters. The average molecular weight is 1400 g/mol. The SMILES string of the molecule is O=C(CCCC(=O)OC(CCC(=O)OCc1ccccc1)C(=O)NCCCC(=O)OCc1ccccc1)NCCCC(=O)OC(CCC(=O)OCc1ccccc1)C(=O)NCCCC(=O)OC(c1ccccc1)C(CCC(=O)OCc1ccccc1)C(=O)NCCCC(=O)OCc1ccccc1. The van der Waals surface area contributed by atoms with Gasteiger partial charge in [0.2, 0.25) is 11.8 Å². The van der Waals surface area contributed by atoms with E-state index in [4.69, 9.17) is 37.9 Å². The standard InChI is InChI=1S/C78H90N4O20/c83-66(36-19-37-72(89)100-64(43-46-70(87)98-55-60-30-13-4-14-31-60)77(93)81-50-21-39-68(85)96-53-58-26-9-2-10-27-58)79-48-22-40-73(90)101-65(44-47-71(88)99-56-61-32-15-5-16-33-61)78(94)82-51-23-41-74(91)102-75(62-34-17-6-18-35-62)63(42-45-69(86)97-54-59-28-11-3-12-29-59)76(92)80-49-20-38-67(84)95-52-57-24-7-1-8-25-57/h1-18,24-35,63-65,75H,19-23,36-56H2,(H,79,83)(H,80,92)(H,81,93)(H,82,94). The van der Waals surface area contributed by atoms with Gasteiger partial charge >= 0.3 is 47.8 Å². The topological polar surface area (TPSA) is 327 Å². The fraction of sp³-hybridized carbons (Fsp3) is 0.385. The van der Waals surface area contributed by atoms with Gasteiger partial charge in [0.05, 0.1) is 5.92 Å². The third-order valence-corrected chi connectivity index (χ3v) is 15.6. The first-order valence-electron chi connectivity index (χ1n) is 34.3. The Hall–Kier alpha value is -11.0. The Balaban J connectivity index is 0.966. The van der Waals surface area contributed by atoms with Crippen molar-refractivity contribution in [3.05, 3.63) is 215 Å². The van der Waals surface area contributed by atoms with E-state index in [1.54, 1.807) is 97.1 Å². The van der Waals surface area contributed by atoms with Gasteiger partial charge in [0.1, 0.15) is 39.1 Å². The van der Waals surface area contributed by atoms with Crippen molar-refractivity contribution in [2.45, 2.75) is 161 Å². The molecule has 4 amide bonds. The lowest BCUT2D eigenvalue weighted by molar-refractivity contribution is -0.158. The number of carbonyl (C=O) groups is 12. The van der Waals surface area contributed by atoms with Crippen LogP contribution in [0.2, 0.25) is 0 Å². The van der Waals surface area contributed by atoms with E-state index in [-0.39, 0.29) is 168 Å². The molecule has 0 radical (unpaired) electrons. The lowest BCUT2D eigenvalue weighted by atomic mass is 9.90. The number of hydrogen-bond donors (Lipinski definition) is 4. The Labute approximate surface area is 593 Å². The maximum absolute atomic E-state index is 14.1. The molecule has 24 nitrogen and oxygen atoms in total. The van der Waals surface area contributed by atoms with Crippen molar-refractivity contribution < 1.29 is 95.4 Å². The van der Waals surface area contributed by atoms with Crippen LogP contribution in [0.25, 0.3) is 0 Å². The molecule has 0 saturated carbocycles. The zero-order valence-electron chi connectivity index (χ0n) is 57.2. The van der Waals surface area contributed by atoms with E-state index < -0.39 is 95.6 Å². The van der Waals surface area contributed by atoms with Crippen molar-refractivity contribution in [1.82, 2.24) is 21.3 Å².